The van der Waals surface area contributed by atoms with Crippen LogP contribution in [0.3, 0.4) is 0 Å². The van der Waals surface area contributed by atoms with Crippen molar-refractivity contribution in [2.75, 3.05) is 0 Å². The summed E-state index contributed by atoms with van der Waals surface area (Å²) in [5.74, 6) is 2.48. The van der Waals surface area contributed by atoms with Crippen molar-refractivity contribution in [3.05, 3.63) is 34.7 Å². The van der Waals surface area contributed by atoms with E-state index in [1.165, 1.54) is 0 Å². The number of aromatic nitrogens is 2. The van der Waals surface area contributed by atoms with E-state index in [1.54, 1.807) is 16.2 Å². The van der Waals surface area contributed by atoms with Crippen LogP contribution in [0.15, 0.2) is 29.1 Å². The van der Waals surface area contributed by atoms with Gasteiger partial charge >= 0.3 is 5.69 Å². The molecule has 0 radical (unpaired) electrons. The molecule has 1 aromatic carbocycles. The molecule has 14 heavy (non-hydrogen) atoms. The molecule has 0 unspecified atom stereocenters. The lowest BCUT2D eigenvalue weighted by Crippen LogP contribution is -2.21. The molecule has 2 aromatic rings. The molecule has 0 N–H and O–H groups in total. The molecule has 0 aliphatic carbocycles. The first-order valence-electron chi connectivity index (χ1n) is 4.33. The maximum Gasteiger partial charge on any atom is 0.329 e. The molecule has 0 bridgehead atoms. The Labute approximate surface area is 81.6 Å². The van der Waals surface area contributed by atoms with E-state index in [9.17, 15) is 4.79 Å². The van der Waals surface area contributed by atoms with E-state index in [0.717, 1.165) is 11.0 Å². The van der Waals surface area contributed by atoms with Gasteiger partial charge in [-0.3, -0.25) is 9.13 Å². The molecule has 0 aliphatic rings. The van der Waals surface area contributed by atoms with Crippen LogP contribution in [-0.4, -0.2) is 9.13 Å². The fourth-order valence-corrected chi connectivity index (χ4v) is 1.61. The fourth-order valence-electron chi connectivity index (χ4n) is 1.61. The predicted molar refractivity (Wildman–Crippen MR) is 56.0 cm³/mol. The second kappa shape index (κ2) is 3.08. The summed E-state index contributed by atoms with van der Waals surface area (Å²) in [4.78, 5) is 11.7. The van der Waals surface area contributed by atoms with Crippen molar-refractivity contribution in [3.8, 4) is 12.3 Å². The number of fused-ring (bicyclic) bond motifs is 1. The highest BCUT2D eigenvalue weighted by atomic mass is 16.1. The number of imidazole rings is 1. The van der Waals surface area contributed by atoms with Gasteiger partial charge < -0.3 is 0 Å². The summed E-state index contributed by atoms with van der Waals surface area (Å²) in [5, 5.41) is 0. The molecule has 0 saturated carbocycles. The van der Waals surface area contributed by atoms with Crippen LogP contribution in [0.5, 0.6) is 0 Å². The second-order valence-corrected chi connectivity index (χ2v) is 3.12. The maximum atomic E-state index is 11.7. The minimum absolute atomic E-state index is 0.0656. The molecule has 0 atom stereocenters. The van der Waals surface area contributed by atoms with Gasteiger partial charge in [-0.05, 0) is 12.1 Å². The molecule has 70 valence electrons. The van der Waals surface area contributed by atoms with E-state index in [2.05, 4.69) is 5.92 Å². The molecule has 0 amide bonds. The van der Waals surface area contributed by atoms with Crippen molar-refractivity contribution in [2.24, 2.45) is 7.05 Å². The molecule has 0 aliphatic heterocycles. The number of terminal acetylenes is 1. The zero-order chi connectivity index (χ0) is 10.1. The Bertz CT molecular complexity index is 569. The van der Waals surface area contributed by atoms with Crippen LogP contribution in [0.25, 0.3) is 11.0 Å². The zero-order valence-electron chi connectivity index (χ0n) is 7.90. The summed E-state index contributed by atoms with van der Waals surface area (Å²) < 4.78 is 3.20. The van der Waals surface area contributed by atoms with Crippen LogP contribution in [0, 0.1) is 12.3 Å². The summed E-state index contributed by atoms with van der Waals surface area (Å²) >= 11 is 0. The van der Waals surface area contributed by atoms with Gasteiger partial charge in [0, 0.05) is 7.05 Å². The summed E-state index contributed by atoms with van der Waals surface area (Å²) in [5.41, 5.74) is 1.73. The molecule has 3 nitrogen and oxygen atoms in total. The van der Waals surface area contributed by atoms with E-state index in [0.29, 0.717) is 6.54 Å². The van der Waals surface area contributed by atoms with Crippen molar-refractivity contribution in [1.82, 2.24) is 9.13 Å². The monoisotopic (exact) mass is 186 g/mol. The average Bonchev–Trinajstić information content (AvgIpc) is 2.45. The van der Waals surface area contributed by atoms with E-state index >= 15 is 0 Å². The zero-order valence-corrected chi connectivity index (χ0v) is 7.90. The number of rotatable bonds is 1. The maximum absolute atomic E-state index is 11.7. The van der Waals surface area contributed by atoms with Crippen LogP contribution in [-0.2, 0) is 13.6 Å². The molecule has 0 spiro atoms. The highest BCUT2D eigenvalue weighted by molar-refractivity contribution is 5.75. The highest BCUT2D eigenvalue weighted by Crippen LogP contribution is 2.10. The van der Waals surface area contributed by atoms with Gasteiger partial charge in [-0.1, -0.05) is 18.1 Å². The minimum Gasteiger partial charge on any atom is -0.295 e. The Morgan fingerprint density at radius 2 is 2.00 bits per heavy atom. The minimum atomic E-state index is -0.0656. The summed E-state index contributed by atoms with van der Waals surface area (Å²) in [6.45, 7) is 0.320. The third-order valence-corrected chi connectivity index (χ3v) is 2.30. The summed E-state index contributed by atoms with van der Waals surface area (Å²) in [6.07, 6.45) is 5.21. The predicted octanol–water partition coefficient (Wildman–Crippen LogP) is 0.973. The largest absolute Gasteiger partial charge is 0.329 e. The standard InChI is InChI=1S/C11H10N2O/c1-3-8-13-10-7-5-4-6-9(10)12(2)11(13)14/h1,4-7H,8H2,2H3. The van der Waals surface area contributed by atoms with Crippen LogP contribution in [0.4, 0.5) is 0 Å². The summed E-state index contributed by atoms with van der Waals surface area (Å²) in [6, 6.07) is 7.61. The third-order valence-electron chi connectivity index (χ3n) is 2.30. The molecule has 3 heteroatoms. The SMILES string of the molecule is C#CCn1c(=O)n(C)c2ccccc21. The Kier molecular flexibility index (Phi) is 1.90. The van der Waals surface area contributed by atoms with Gasteiger partial charge in [0.05, 0.1) is 17.6 Å². The van der Waals surface area contributed by atoms with Gasteiger partial charge in [-0.25, -0.2) is 4.79 Å². The van der Waals surface area contributed by atoms with Crippen LogP contribution in [0.2, 0.25) is 0 Å². The van der Waals surface area contributed by atoms with Gasteiger partial charge in [-0.15, -0.1) is 6.42 Å². The molecule has 1 heterocycles. The lowest BCUT2D eigenvalue weighted by atomic mass is 10.3. The van der Waals surface area contributed by atoms with Crippen molar-refractivity contribution >= 4 is 11.0 Å². The smallest absolute Gasteiger partial charge is 0.295 e. The van der Waals surface area contributed by atoms with Crippen molar-refractivity contribution in [3.63, 3.8) is 0 Å². The highest BCUT2D eigenvalue weighted by Gasteiger charge is 2.07. The number of hydrogen-bond acceptors (Lipinski definition) is 1. The topological polar surface area (TPSA) is 26.9 Å². The van der Waals surface area contributed by atoms with Gasteiger partial charge in [0.1, 0.15) is 0 Å². The first-order chi connectivity index (χ1) is 6.75. The van der Waals surface area contributed by atoms with Crippen molar-refractivity contribution in [1.29, 1.82) is 0 Å². The number of nitrogens with zero attached hydrogens (tertiary/aromatic N) is 2. The van der Waals surface area contributed by atoms with E-state index in [4.69, 9.17) is 6.42 Å². The molecular weight excluding hydrogens is 176 g/mol. The molecule has 0 fully saturated rings. The Balaban J connectivity index is 2.89. The van der Waals surface area contributed by atoms with Crippen LogP contribution >= 0.6 is 0 Å². The van der Waals surface area contributed by atoms with Gasteiger partial charge in [0.15, 0.2) is 0 Å². The quantitative estimate of drug-likeness (QED) is 0.610. The number of para-hydroxylation sites is 2. The first-order valence-corrected chi connectivity index (χ1v) is 4.33. The van der Waals surface area contributed by atoms with Crippen molar-refractivity contribution < 1.29 is 0 Å². The van der Waals surface area contributed by atoms with Crippen molar-refractivity contribution in [2.45, 2.75) is 6.54 Å². The average molecular weight is 186 g/mol. The van der Waals surface area contributed by atoms with E-state index < -0.39 is 0 Å². The molecule has 0 saturated heterocycles. The normalized spacial score (nSPS) is 10.3. The number of aryl methyl sites for hydroxylation is 1. The third kappa shape index (κ3) is 1.05. The van der Waals surface area contributed by atoms with Crippen LogP contribution < -0.4 is 5.69 Å². The Morgan fingerprint density at radius 3 is 2.64 bits per heavy atom. The lowest BCUT2D eigenvalue weighted by molar-refractivity contribution is 0.760. The molecular formula is C11H10N2O. The lowest BCUT2D eigenvalue weighted by Gasteiger charge is -1.94. The second-order valence-electron chi connectivity index (χ2n) is 3.12. The number of benzene rings is 1. The van der Waals surface area contributed by atoms with Gasteiger partial charge in [0.25, 0.3) is 0 Å². The number of hydrogen-bond donors (Lipinski definition) is 0. The van der Waals surface area contributed by atoms with Gasteiger partial charge in [0.2, 0.25) is 0 Å². The Hall–Kier alpha value is -1.95. The first kappa shape index (κ1) is 8.64. The molecule has 1 aromatic heterocycles. The fraction of sp³-hybridized carbons (Fsp3) is 0.182. The Morgan fingerprint density at radius 1 is 1.36 bits per heavy atom. The summed E-state index contributed by atoms with van der Waals surface area (Å²) in [7, 11) is 1.75. The van der Waals surface area contributed by atoms with Gasteiger partial charge in [-0.2, -0.15) is 0 Å². The van der Waals surface area contributed by atoms with E-state index in [1.807, 2.05) is 24.3 Å². The van der Waals surface area contributed by atoms with E-state index in [-0.39, 0.29) is 5.69 Å². The van der Waals surface area contributed by atoms with Crippen LogP contribution in [0.1, 0.15) is 0 Å². The molecule has 2 rings (SSSR count).